The molecule has 1 aromatic carbocycles. The van der Waals surface area contributed by atoms with Crippen LogP contribution in [-0.4, -0.2) is 6.54 Å². The van der Waals surface area contributed by atoms with Crippen LogP contribution in [0.4, 0.5) is 0 Å². The van der Waals surface area contributed by atoms with Gasteiger partial charge in [-0.1, -0.05) is 42.4 Å². The maximum absolute atomic E-state index is 5.73. The van der Waals surface area contributed by atoms with Crippen LogP contribution in [-0.2, 0) is 6.42 Å². The molecule has 2 heteroatoms. The maximum atomic E-state index is 5.73. The summed E-state index contributed by atoms with van der Waals surface area (Å²) < 4.78 is 0. The third-order valence-corrected chi connectivity index (χ3v) is 2.81. The van der Waals surface area contributed by atoms with Gasteiger partial charge in [-0.15, -0.1) is 0 Å². The van der Waals surface area contributed by atoms with Gasteiger partial charge < -0.3 is 5.32 Å². The molecule has 1 nitrogen and oxygen atoms in total. The number of nitrogens with one attached hydrogen (secondary N) is 1. The van der Waals surface area contributed by atoms with Crippen LogP contribution < -0.4 is 5.32 Å². The van der Waals surface area contributed by atoms with Gasteiger partial charge in [-0.05, 0) is 24.0 Å². The minimum Gasteiger partial charge on any atom is -0.305 e. The van der Waals surface area contributed by atoms with Gasteiger partial charge in [0.05, 0.1) is 0 Å². The molecule has 0 spiro atoms. The van der Waals surface area contributed by atoms with Crippen molar-refractivity contribution in [2.45, 2.75) is 18.9 Å². The van der Waals surface area contributed by atoms with Crippen LogP contribution in [0.5, 0.6) is 0 Å². The molecule has 0 amide bonds. The predicted octanol–water partition coefficient (Wildman–Crippen LogP) is 3.02. The first-order chi connectivity index (χ1) is 6.77. The molecule has 0 radical (unpaired) electrons. The summed E-state index contributed by atoms with van der Waals surface area (Å²) in [7, 11) is 0. The fraction of sp³-hybridized carbons (Fsp3) is 0.333. The summed E-state index contributed by atoms with van der Waals surface area (Å²) in [5.41, 5.74) is 2.88. The monoisotopic (exact) mass is 210 g/mol. The lowest BCUT2D eigenvalue weighted by Gasteiger charge is -2.12. The molecule has 14 heavy (non-hydrogen) atoms. The van der Waals surface area contributed by atoms with Gasteiger partial charge in [0.25, 0.3) is 0 Å². The highest BCUT2D eigenvalue weighted by molar-refractivity contribution is 6.29. The fourth-order valence-corrected chi connectivity index (χ4v) is 2.08. The topological polar surface area (TPSA) is 12.0 Å². The van der Waals surface area contributed by atoms with Crippen molar-refractivity contribution in [1.29, 1.82) is 0 Å². The quantitative estimate of drug-likeness (QED) is 0.757. The van der Waals surface area contributed by atoms with Gasteiger partial charge in [-0.2, -0.15) is 0 Å². The first-order valence-corrected chi connectivity index (χ1v) is 5.29. The van der Waals surface area contributed by atoms with Crippen LogP contribution in [0.3, 0.4) is 0 Å². The van der Waals surface area contributed by atoms with Crippen molar-refractivity contribution in [3.05, 3.63) is 47.0 Å². The Balaban J connectivity index is 2.07. The SMILES string of the molecule is C=C(Cl)CN[13CH]1[13CH2][13CH2]c2ccccc21. The average molecular weight is 211 g/mol. The fourth-order valence-electron chi connectivity index (χ4n) is 2.00. The van der Waals surface area contributed by atoms with E-state index in [1.807, 2.05) is 0 Å². The minimum absolute atomic E-state index is 0.460. The lowest BCUT2D eigenvalue weighted by molar-refractivity contribution is 0.562. The summed E-state index contributed by atoms with van der Waals surface area (Å²) >= 11 is 5.73. The summed E-state index contributed by atoms with van der Waals surface area (Å²) in [6.07, 6.45) is 2.34. The first kappa shape index (κ1) is 9.75. The van der Waals surface area contributed by atoms with Crippen LogP contribution in [0.15, 0.2) is 35.9 Å². The van der Waals surface area contributed by atoms with Gasteiger partial charge >= 0.3 is 0 Å². The molecule has 1 aromatic rings. The van der Waals surface area contributed by atoms with Crippen molar-refractivity contribution < 1.29 is 0 Å². The number of fused-ring (bicyclic) bond motifs is 1. The van der Waals surface area contributed by atoms with Crippen molar-refractivity contribution in [1.82, 2.24) is 5.32 Å². The van der Waals surface area contributed by atoms with Gasteiger partial charge in [0.1, 0.15) is 0 Å². The third-order valence-electron chi connectivity index (χ3n) is 2.67. The highest BCUT2D eigenvalue weighted by Crippen LogP contribution is 2.30. The molecule has 0 aliphatic heterocycles. The Morgan fingerprint density at radius 3 is 3.07 bits per heavy atom. The van der Waals surface area contributed by atoms with Crippen LogP contribution in [0.2, 0.25) is 0 Å². The Hall–Kier alpha value is -0.790. The van der Waals surface area contributed by atoms with Crippen molar-refractivity contribution in [2.24, 2.45) is 0 Å². The van der Waals surface area contributed by atoms with Crippen molar-refractivity contribution in [2.75, 3.05) is 6.54 Å². The molecular weight excluding hydrogens is 197 g/mol. The number of benzene rings is 1. The zero-order valence-electron chi connectivity index (χ0n) is 8.09. The lowest BCUT2D eigenvalue weighted by Crippen LogP contribution is -2.20. The van der Waals surface area contributed by atoms with Crippen LogP contribution >= 0.6 is 11.6 Å². The molecule has 0 saturated carbocycles. The zero-order chi connectivity index (χ0) is 9.97. The lowest BCUT2D eigenvalue weighted by atomic mass is 10.2. The maximum Gasteiger partial charge on any atom is 0.0329 e. The molecule has 0 aromatic heterocycles. The van der Waals surface area contributed by atoms with E-state index < -0.39 is 0 Å². The highest BCUT2D eigenvalue weighted by Gasteiger charge is 2.20. The largest absolute Gasteiger partial charge is 0.305 e. The van der Waals surface area contributed by atoms with E-state index in [-0.39, 0.29) is 0 Å². The highest BCUT2D eigenvalue weighted by atomic mass is 35.5. The number of halogens is 1. The average Bonchev–Trinajstić information content (AvgIpc) is 2.58. The van der Waals surface area contributed by atoms with Crippen molar-refractivity contribution in [3.8, 4) is 0 Å². The summed E-state index contributed by atoms with van der Waals surface area (Å²) in [5.74, 6) is 0. The van der Waals surface area contributed by atoms with Gasteiger partial charge in [-0.25, -0.2) is 0 Å². The minimum atomic E-state index is 0.460. The van der Waals surface area contributed by atoms with Gasteiger partial charge in [-0.3, -0.25) is 0 Å². The summed E-state index contributed by atoms with van der Waals surface area (Å²) in [4.78, 5) is 0. The Labute approximate surface area is 89.8 Å². The second kappa shape index (κ2) is 4.16. The van der Waals surface area contributed by atoms with E-state index in [4.69, 9.17) is 11.6 Å². The molecule has 0 fully saturated rings. The third kappa shape index (κ3) is 1.99. The molecule has 74 valence electrons. The summed E-state index contributed by atoms with van der Waals surface area (Å²) in [5, 5.41) is 4.08. The number of hydrogen-bond acceptors (Lipinski definition) is 1. The van der Waals surface area contributed by atoms with Gasteiger partial charge in [0.15, 0.2) is 0 Å². The normalized spacial score (nSPS) is 19.4. The smallest absolute Gasteiger partial charge is 0.0329 e. The molecule has 0 heterocycles. The van der Waals surface area contributed by atoms with E-state index in [1.54, 1.807) is 0 Å². The molecule has 2 rings (SSSR count). The summed E-state index contributed by atoms with van der Waals surface area (Å²) in [6.45, 7) is 4.37. The summed E-state index contributed by atoms with van der Waals surface area (Å²) in [6, 6.07) is 9.04. The van der Waals surface area contributed by atoms with E-state index in [9.17, 15) is 0 Å². The Bertz CT molecular complexity index is 346. The zero-order valence-corrected chi connectivity index (χ0v) is 8.85. The van der Waals surface area contributed by atoms with E-state index in [0.29, 0.717) is 17.6 Å². The van der Waals surface area contributed by atoms with Crippen LogP contribution in [0.25, 0.3) is 0 Å². The van der Waals surface area contributed by atoms with E-state index in [2.05, 4.69) is 36.2 Å². The van der Waals surface area contributed by atoms with E-state index in [1.165, 1.54) is 24.0 Å². The number of rotatable bonds is 3. The first-order valence-electron chi connectivity index (χ1n) is 4.92. The molecule has 0 saturated heterocycles. The molecule has 1 atom stereocenters. The number of hydrogen-bond donors (Lipinski definition) is 1. The Morgan fingerprint density at radius 1 is 1.50 bits per heavy atom. The molecule has 1 N–H and O–H groups in total. The molecule has 0 bridgehead atoms. The predicted molar refractivity (Wildman–Crippen MR) is 60.5 cm³/mol. The molecular formula is C12H14ClN. The molecule has 1 aliphatic carbocycles. The van der Waals surface area contributed by atoms with Gasteiger partial charge in [0, 0.05) is 17.6 Å². The van der Waals surface area contributed by atoms with Crippen molar-refractivity contribution >= 4 is 11.6 Å². The number of aryl methyl sites for hydroxylation is 1. The van der Waals surface area contributed by atoms with E-state index >= 15 is 0 Å². The second-order valence-electron chi connectivity index (χ2n) is 3.69. The molecule has 1 unspecified atom stereocenters. The van der Waals surface area contributed by atoms with Gasteiger partial charge in [0.2, 0.25) is 0 Å². The van der Waals surface area contributed by atoms with Crippen LogP contribution in [0.1, 0.15) is 23.6 Å². The second-order valence-corrected chi connectivity index (χ2v) is 4.22. The Morgan fingerprint density at radius 2 is 2.29 bits per heavy atom. The standard InChI is InChI=1S/C12H14ClN/c1-9(13)8-14-12-7-6-10-4-2-3-5-11(10)12/h2-5,12,14H,1,6-8H2/i6+1,7+1,12+1. The molecule has 1 aliphatic rings. The Kier molecular flexibility index (Phi) is 2.90. The van der Waals surface area contributed by atoms with Crippen LogP contribution in [0, 0.1) is 0 Å². The van der Waals surface area contributed by atoms with Crippen molar-refractivity contribution in [3.63, 3.8) is 0 Å². The van der Waals surface area contributed by atoms with E-state index in [0.717, 1.165) is 0 Å².